The molecule has 3 atom stereocenters. The molecule has 0 unspecified atom stereocenters. The Kier molecular flexibility index (Phi) is 5.07. The molecule has 0 aliphatic heterocycles. The second-order valence-corrected chi connectivity index (χ2v) is 5.86. The van der Waals surface area contributed by atoms with Gasteiger partial charge in [-0.25, -0.2) is 0 Å². The Labute approximate surface area is 114 Å². The highest BCUT2D eigenvalue weighted by molar-refractivity contribution is 6.04. The molecule has 0 radical (unpaired) electrons. The van der Waals surface area contributed by atoms with Crippen LogP contribution in [-0.4, -0.2) is 38.9 Å². The van der Waals surface area contributed by atoms with Gasteiger partial charge < -0.3 is 15.3 Å². The summed E-state index contributed by atoms with van der Waals surface area (Å²) in [6, 6.07) is 0. The van der Waals surface area contributed by atoms with Crippen LogP contribution in [0.15, 0.2) is 22.8 Å². The Morgan fingerprint density at radius 3 is 2.47 bits per heavy atom. The number of carbonyl (C=O) groups is 1. The first-order chi connectivity index (χ1) is 8.65. The highest BCUT2D eigenvalue weighted by atomic mass is 16.3. The molecule has 0 amide bonds. The maximum atomic E-state index is 12.1. The normalized spacial score (nSPS) is 33.9. The fourth-order valence-electron chi connectivity index (χ4n) is 2.18. The summed E-state index contributed by atoms with van der Waals surface area (Å²) >= 11 is 0. The molecule has 0 heterocycles. The first-order valence-electron chi connectivity index (χ1n) is 6.62. The Morgan fingerprint density at radius 1 is 1.37 bits per heavy atom. The van der Waals surface area contributed by atoms with Crippen molar-refractivity contribution in [3.05, 3.63) is 22.8 Å². The van der Waals surface area contributed by atoms with Gasteiger partial charge in [0.1, 0.15) is 0 Å². The number of aliphatic hydroxyl groups excluding tert-OH is 2. The van der Waals surface area contributed by atoms with Gasteiger partial charge in [-0.15, -0.1) is 0 Å². The maximum Gasteiger partial charge on any atom is 0.181 e. The lowest BCUT2D eigenvalue weighted by atomic mass is 9.84. The minimum Gasteiger partial charge on any atom is -0.390 e. The number of hydrogen-bond acceptors (Lipinski definition) is 4. The Balaban J connectivity index is 3.21. The van der Waals surface area contributed by atoms with E-state index in [1.54, 1.807) is 20.8 Å². The lowest BCUT2D eigenvalue weighted by molar-refractivity contribution is -0.113. The van der Waals surface area contributed by atoms with Crippen LogP contribution in [0.4, 0.5) is 0 Å². The van der Waals surface area contributed by atoms with Gasteiger partial charge in [-0.1, -0.05) is 5.57 Å². The molecular formula is C15H24O4. The third kappa shape index (κ3) is 4.00. The van der Waals surface area contributed by atoms with Gasteiger partial charge in [0.25, 0.3) is 0 Å². The van der Waals surface area contributed by atoms with Crippen molar-refractivity contribution in [2.45, 2.75) is 64.8 Å². The molecule has 0 saturated heterocycles. The molecule has 4 heteroatoms. The third-order valence-electron chi connectivity index (χ3n) is 3.82. The van der Waals surface area contributed by atoms with E-state index in [4.69, 9.17) is 0 Å². The highest BCUT2D eigenvalue weighted by Gasteiger charge is 2.33. The summed E-state index contributed by atoms with van der Waals surface area (Å²) in [6.07, 6.45) is 0.391. The fraction of sp³-hybridized carbons (Fsp3) is 0.667. The van der Waals surface area contributed by atoms with Crippen molar-refractivity contribution >= 4 is 5.78 Å². The number of aliphatic hydroxyl groups is 3. The molecule has 1 aliphatic carbocycles. The summed E-state index contributed by atoms with van der Waals surface area (Å²) in [4.78, 5) is 12.1. The lowest BCUT2D eigenvalue weighted by Crippen LogP contribution is -2.41. The standard InChI is InChI=1S/C15H24O4/c1-9(2)11-8-14(18)15(4,19)6-5-12(16)10(3)7-13(11)17/h7,12,14,16,18-19H,5-6,8H2,1-4H3/t12-,14+,15+/m0/s1. The Hall–Kier alpha value is -0.970. The average molecular weight is 268 g/mol. The van der Waals surface area contributed by atoms with Crippen molar-refractivity contribution in [1.82, 2.24) is 0 Å². The predicted molar refractivity (Wildman–Crippen MR) is 73.6 cm³/mol. The van der Waals surface area contributed by atoms with Crippen LogP contribution in [-0.2, 0) is 4.79 Å². The molecule has 0 aromatic heterocycles. The van der Waals surface area contributed by atoms with Crippen LogP contribution in [0.2, 0.25) is 0 Å². The van der Waals surface area contributed by atoms with Gasteiger partial charge in [-0.3, -0.25) is 4.79 Å². The third-order valence-corrected chi connectivity index (χ3v) is 3.82. The zero-order valence-electron chi connectivity index (χ0n) is 12.1. The molecule has 0 fully saturated rings. The van der Waals surface area contributed by atoms with E-state index in [1.165, 1.54) is 13.0 Å². The van der Waals surface area contributed by atoms with Crippen molar-refractivity contribution < 1.29 is 20.1 Å². The maximum absolute atomic E-state index is 12.1. The molecule has 0 saturated carbocycles. The number of allylic oxidation sites excluding steroid dienone is 2. The van der Waals surface area contributed by atoms with Crippen LogP contribution >= 0.6 is 0 Å². The topological polar surface area (TPSA) is 77.8 Å². The van der Waals surface area contributed by atoms with Crippen LogP contribution in [0.1, 0.15) is 47.0 Å². The van der Waals surface area contributed by atoms with E-state index in [9.17, 15) is 20.1 Å². The molecule has 1 aliphatic rings. The number of rotatable bonds is 0. The second-order valence-electron chi connectivity index (χ2n) is 5.86. The summed E-state index contributed by atoms with van der Waals surface area (Å²) in [5.74, 6) is -0.201. The van der Waals surface area contributed by atoms with Gasteiger partial charge in [-0.05, 0) is 52.2 Å². The second kappa shape index (κ2) is 5.99. The summed E-state index contributed by atoms with van der Waals surface area (Å²) < 4.78 is 0. The van der Waals surface area contributed by atoms with E-state index in [2.05, 4.69) is 0 Å². The van der Waals surface area contributed by atoms with Crippen LogP contribution in [0.25, 0.3) is 0 Å². The first-order valence-corrected chi connectivity index (χ1v) is 6.62. The Morgan fingerprint density at radius 2 is 1.95 bits per heavy atom. The summed E-state index contributed by atoms with van der Waals surface area (Å²) in [5.41, 5.74) is 0.607. The van der Waals surface area contributed by atoms with E-state index in [-0.39, 0.29) is 18.6 Å². The van der Waals surface area contributed by atoms with E-state index < -0.39 is 17.8 Å². The van der Waals surface area contributed by atoms with Gasteiger partial charge in [-0.2, -0.15) is 0 Å². The zero-order valence-corrected chi connectivity index (χ0v) is 12.1. The average Bonchev–Trinajstić information content (AvgIpc) is 2.30. The van der Waals surface area contributed by atoms with Crippen molar-refractivity contribution in [2.24, 2.45) is 0 Å². The first kappa shape index (κ1) is 16.1. The summed E-state index contributed by atoms with van der Waals surface area (Å²) in [5, 5.41) is 30.3. The zero-order chi connectivity index (χ0) is 14.8. The molecule has 0 aromatic rings. The monoisotopic (exact) mass is 268 g/mol. The van der Waals surface area contributed by atoms with E-state index in [1.807, 2.05) is 0 Å². The van der Waals surface area contributed by atoms with Crippen LogP contribution in [0.3, 0.4) is 0 Å². The minimum absolute atomic E-state index is 0.133. The quantitative estimate of drug-likeness (QED) is 0.582. The van der Waals surface area contributed by atoms with Crippen molar-refractivity contribution in [1.29, 1.82) is 0 Å². The van der Waals surface area contributed by atoms with E-state index in [0.717, 1.165) is 5.57 Å². The lowest BCUT2D eigenvalue weighted by Gasteiger charge is -2.31. The van der Waals surface area contributed by atoms with Crippen LogP contribution in [0.5, 0.6) is 0 Å². The molecule has 108 valence electrons. The summed E-state index contributed by atoms with van der Waals surface area (Å²) in [6.45, 7) is 6.86. The predicted octanol–water partition coefficient (Wildman–Crippen LogP) is 1.49. The minimum atomic E-state index is -1.31. The molecular weight excluding hydrogens is 244 g/mol. The van der Waals surface area contributed by atoms with E-state index in [0.29, 0.717) is 17.6 Å². The Bertz CT molecular complexity index is 414. The van der Waals surface area contributed by atoms with Crippen molar-refractivity contribution in [2.75, 3.05) is 0 Å². The molecule has 0 aromatic carbocycles. The van der Waals surface area contributed by atoms with Gasteiger partial charge >= 0.3 is 0 Å². The van der Waals surface area contributed by atoms with Gasteiger partial charge in [0.15, 0.2) is 5.78 Å². The fourth-order valence-corrected chi connectivity index (χ4v) is 2.18. The van der Waals surface area contributed by atoms with E-state index >= 15 is 0 Å². The molecule has 0 spiro atoms. The molecule has 1 rings (SSSR count). The SMILES string of the molecule is CC1=CC(=O)C(=C(C)C)C[C@@H](O)[C@](C)(O)CC[C@@H]1O. The molecule has 19 heavy (non-hydrogen) atoms. The molecule has 4 nitrogen and oxygen atoms in total. The number of hydrogen-bond donors (Lipinski definition) is 3. The molecule has 3 N–H and O–H groups in total. The largest absolute Gasteiger partial charge is 0.390 e. The van der Waals surface area contributed by atoms with Gasteiger partial charge in [0.2, 0.25) is 0 Å². The highest BCUT2D eigenvalue weighted by Crippen LogP contribution is 2.27. The number of carbonyl (C=O) groups excluding carboxylic acids is 1. The van der Waals surface area contributed by atoms with Gasteiger partial charge in [0, 0.05) is 12.0 Å². The van der Waals surface area contributed by atoms with Gasteiger partial charge in [0.05, 0.1) is 17.8 Å². The summed E-state index contributed by atoms with van der Waals surface area (Å²) in [7, 11) is 0. The van der Waals surface area contributed by atoms with Crippen molar-refractivity contribution in [3.63, 3.8) is 0 Å². The van der Waals surface area contributed by atoms with Crippen LogP contribution in [0, 0.1) is 0 Å². The van der Waals surface area contributed by atoms with Crippen molar-refractivity contribution in [3.8, 4) is 0 Å². The smallest absolute Gasteiger partial charge is 0.181 e. The molecule has 0 bridgehead atoms. The van der Waals surface area contributed by atoms with Crippen LogP contribution < -0.4 is 0 Å². The number of ketones is 1.